The minimum Gasteiger partial charge on any atom is -0.490 e. The van der Waals surface area contributed by atoms with E-state index < -0.39 is 0 Å². The lowest BCUT2D eigenvalue weighted by atomic mass is 10.2. The maximum atomic E-state index is 12.2. The Balaban J connectivity index is 1.86. The molecule has 6 nitrogen and oxygen atoms in total. The first-order valence-corrected chi connectivity index (χ1v) is 10.2. The number of imidazole rings is 1. The number of carbonyl (C=O) groups excluding carboxylic acids is 1. The van der Waals surface area contributed by atoms with Gasteiger partial charge in [0.05, 0.1) is 27.7 Å². The van der Waals surface area contributed by atoms with Gasteiger partial charge >= 0.3 is 0 Å². The lowest BCUT2D eigenvalue weighted by molar-refractivity contribution is -0.132. The Morgan fingerprint density at radius 2 is 1.76 bits per heavy atom. The molecule has 0 atom stereocenters. The van der Waals surface area contributed by atoms with Gasteiger partial charge in [-0.2, -0.15) is 0 Å². The number of aromatic nitrogens is 2. The molecule has 154 valence electrons. The summed E-state index contributed by atoms with van der Waals surface area (Å²) in [7, 11) is 0. The molecule has 0 spiro atoms. The van der Waals surface area contributed by atoms with Gasteiger partial charge in [-0.3, -0.25) is 4.79 Å². The molecule has 2 aromatic carbocycles. The Hall–Kier alpha value is -2.44. The number of hydrogen-bond donors (Lipinski definition) is 1. The highest BCUT2D eigenvalue weighted by atomic mass is 35.5. The molecule has 3 aromatic rings. The molecule has 0 radical (unpaired) electrons. The van der Waals surface area contributed by atoms with Crippen molar-refractivity contribution in [3.8, 4) is 22.9 Å². The van der Waals surface area contributed by atoms with Crippen molar-refractivity contribution in [2.75, 3.05) is 26.3 Å². The van der Waals surface area contributed by atoms with Crippen molar-refractivity contribution in [3.05, 3.63) is 40.4 Å². The third kappa shape index (κ3) is 4.77. The molecule has 0 aliphatic carbocycles. The molecule has 1 heterocycles. The summed E-state index contributed by atoms with van der Waals surface area (Å²) in [5.74, 6) is 1.66. The molecule has 1 N–H and O–H groups in total. The summed E-state index contributed by atoms with van der Waals surface area (Å²) in [6.07, 6.45) is 0. The summed E-state index contributed by atoms with van der Waals surface area (Å²) in [4.78, 5) is 21.8. The average Bonchev–Trinajstić information content (AvgIpc) is 3.11. The number of nitrogens with zero attached hydrogens (tertiary/aromatic N) is 2. The van der Waals surface area contributed by atoms with Crippen LogP contribution in [-0.2, 0) is 4.79 Å². The van der Waals surface area contributed by atoms with Gasteiger partial charge in [0.1, 0.15) is 5.82 Å². The predicted molar refractivity (Wildman–Crippen MR) is 116 cm³/mol. The normalized spacial score (nSPS) is 10.9. The first kappa shape index (κ1) is 21.3. The molecule has 0 bridgehead atoms. The van der Waals surface area contributed by atoms with Crippen LogP contribution < -0.4 is 9.47 Å². The molecular formula is C21H23Cl2N3O3. The maximum absolute atomic E-state index is 12.2. The van der Waals surface area contributed by atoms with Crippen LogP contribution in [0, 0.1) is 0 Å². The highest BCUT2D eigenvalue weighted by molar-refractivity contribution is 6.42. The zero-order valence-corrected chi connectivity index (χ0v) is 18.1. The molecule has 8 heteroatoms. The lowest BCUT2D eigenvalue weighted by Crippen LogP contribution is -2.34. The summed E-state index contributed by atoms with van der Waals surface area (Å²) in [6, 6.07) is 8.94. The molecule has 1 aromatic heterocycles. The number of amides is 1. The van der Waals surface area contributed by atoms with Crippen LogP contribution in [0.15, 0.2) is 30.3 Å². The number of nitrogens with one attached hydrogen (secondary N) is 1. The van der Waals surface area contributed by atoms with E-state index in [0.29, 0.717) is 47.1 Å². The Labute approximate surface area is 179 Å². The fourth-order valence-electron chi connectivity index (χ4n) is 2.99. The Morgan fingerprint density at radius 3 is 2.45 bits per heavy atom. The van der Waals surface area contributed by atoms with E-state index in [2.05, 4.69) is 9.97 Å². The molecule has 1 amide bonds. The third-order valence-electron chi connectivity index (χ3n) is 4.51. The van der Waals surface area contributed by atoms with Crippen LogP contribution >= 0.6 is 23.2 Å². The van der Waals surface area contributed by atoms with Gasteiger partial charge in [0, 0.05) is 18.7 Å². The molecular weight excluding hydrogens is 413 g/mol. The number of fused-ring (bicyclic) bond motifs is 1. The molecule has 0 fully saturated rings. The first-order chi connectivity index (χ1) is 14.0. The van der Waals surface area contributed by atoms with Crippen LogP contribution in [0.25, 0.3) is 22.4 Å². The van der Waals surface area contributed by atoms with E-state index in [0.717, 1.165) is 16.6 Å². The first-order valence-electron chi connectivity index (χ1n) is 9.49. The maximum Gasteiger partial charge on any atom is 0.260 e. The third-order valence-corrected chi connectivity index (χ3v) is 5.23. The standard InChI is InChI=1S/C21H23Cl2N3O3/c1-4-26(5-2)20(27)12-29-18-8-7-13(9-19(18)28-6-3)21-24-16-10-14(22)15(23)11-17(16)25-21/h7-11H,4-6,12H2,1-3H3,(H,24,25). The fourth-order valence-corrected chi connectivity index (χ4v) is 3.31. The van der Waals surface area contributed by atoms with Gasteiger partial charge in [0.2, 0.25) is 0 Å². The molecule has 3 rings (SSSR count). The second kappa shape index (κ2) is 9.37. The van der Waals surface area contributed by atoms with Gasteiger partial charge in [-0.1, -0.05) is 23.2 Å². The molecule has 29 heavy (non-hydrogen) atoms. The summed E-state index contributed by atoms with van der Waals surface area (Å²) >= 11 is 12.2. The van der Waals surface area contributed by atoms with Crippen LogP contribution in [0.5, 0.6) is 11.5 Å². The minimum atomic E-state index is -0.0624. The molecule has 0 aliphatic heterocycles. The SMILES string of the molecule is CCOc1cc(-c2nc3cc(Cl)c(Cl)cc3[nH]2)ccc1OCC(=O)N(CC)CC. The van der Waals surface area contributed by atoms with Gasteiger partial charge in [-0.15, -0.1) is 0 Å². The van der Waals surface area contributed by atoms with E-state index in [1.165, 1.54) is 0 Å². The zero-order chi connectivity index (χ0) is 21.0. The van der Waals surface area contributed by atoms with E-state index in [1.807, 2.05) is 32.9 Å². The van der Waals surface area contributed by atoms with Gasteiger partial charge in [-0.25, -0.2) is 4.98 Å². The van der Waals surface area contributed by atoms with Gasteiger partial charge in [-0.05, 0) is 51.1 Å². The van der Waals surface area contributed by atoms with Gasteiger partial charge in [0.15, 0.2) is 18.1 Å². The Kier molecular flexibility index (Phi) is 6.87. The Bertz CT molecular complexity index is 977. The van der Waals surface area contributed by atoms with E-state index in [1.54, 1.807) is 23.1 Å². The van der Waals surface area contributed by atoms with Crippen molar-refractivity contribution >= 4 is 40.1 Å². The average molecular weight is 436 g/mol. The van der Waals surface area contributed by atoms with Crippen LogP contribution in [-0.4, -0.2) is 47.1 Å². The van der Waals surface area contributed by atoms with Gasteiger partial charge < -0.3 is 19.4 Å². The topological polar surface area (TPSA) is 67.5 Å². The summed E-state index contributed by atoms with van der Waals surface area (Å²) in [5, 5.41) is 0.917. The van der Waals surface area contributed by atoms with Crippen molar-refractivity contribution in [2.45, 2.75) is 20.8 Å². The monoisotopic (exact) mass is 435 g/mol. The summed E-state index contributed by atoms with van der Waals surface area (Å²) in [5.41, 5.74) is 2.33. The fraction of sp³-hybridized carbons (Fsp3) is 0.333. The number of H-pyrrole nitrogens is 1. The van der Waals surface area contributed by atoms with Crippen molar-refractivity contribution in [2.24, 2.45) is 0 Å². The smallest absolute Gasteiger partial charge is 0.260 e. The minimum absolute atomic E-state index is 0.0390. The number of carbonyl (C=O) groups is 1. The van der Waals surface area contributed by atoms with Crippen LogP contribution in [0.2, 0.25) is 10.0 Å². The van der Waals surface area contributed by atoms with E-state index in [9.17, 15) is 4.79 Å². The lowest BCUT2D eigenvalue weighted by Gasteiger charge is -2.19. The van der Waals surface area contributed by atoms with E-state index in [4.69, 9.17) is 32.7 Å². The predicted octanol–water partition coefficient (Wildman–Crippen LogP) is 5.18. The van der Waals surface area contributed by atoms with Crippen LogP contribution in [0.4, 0.5) is 0 Å². The highest BCUT2D eigenvalue weighted by Gasteiger charge is 2.15. The number of hydrogen-bond acceptors (Lipinski definition) is 4. The number of halogens is 2. The summed E-state index contributed by atoms with van der Waals surface area (Å²) in [6.45, 7) is 7.50. The number of likely N-dealkylation sites (N-methyl/N-ethyl adjacent to an activating group) is 1. The largest absolute Gasteiger partial charge is 0.490 e. The van der Waals surface area contributed by atoms with Crippen molar-refractivity contribution in [3.63, 3.8) is 0 Å². The Morgan fingerprint density at radius 1 is 1.03 bits per heavy atom. The number of benzene rings is 2. The number of ether oxygens (including phenoxy) is 2. The number of rotatable bonds is 8. The van der Waals surface area contributed by atoms with Crippen molar-refractivity contribution in [1.29, 1.82) is 0 Å². The highest BCUT2D eigenvalue weighted by Crippen LogP contribution is 2.34. The second-order valence-corrected chi connectivity index (χ2v) is 7.13. The molecule has 0 saturated heterocycles. The quantitative estimate of drug-likeness (QED) is 0.528. The molecule has 0 saturated carbocycles. The second-order valence-electron chi connectivity index (χ2n) is 6.32. The van der Waals surface area contributed by atoms with E-state index in [-0.39, 0.29) is 12.5 Å². The number of aromatic amines is 1. The van der Waals surface area contributed by atoms with Crippen LogP contribution in [0.3, 0.4) is 0 Å². The van der Waals surface area contributed by atoms with Crippen molar-refractivity contribution in [1.82, 2.24) is 14.9 Å². The molecule has 0 aliphatic rings. The zero-order valence-electron chi connectivity index (χ0n) is 16.6. The van der Waals surface area contributed by atoms with Gasteiger partial charge in [0.25, 0.3) is 5.91 Å². The van der Waals surface area contributed by atoms with E-state index >= 15 is 0 Å². The van der Waals surface area contributed by atoms with Crippen molar-refractivity contribution < 1.29 is 14.3 Å². The van der Waals surface area contributed by atoms with Crippen LogP contribution in [0.1, 0.15) is 20.8 Å². The summed E-state index contributed by atoms with van der Waals surface area (Å²) < 4.78 is 11.5. The molecule has 0 unspecified atom stereocenters.